The molecule has 0 bridgehead atoms. The van der Waals surface area contributed by atoms with Crippen molar-refractivity contribution in [2.24, 2.45) is 0 Å². The summed E-state index contributed by atoms with van der Waals surface area (Å²) in [5, 5.41) is 11.4. The lowest BCUT2D eigenvalue weighted by atomic mass is 9.93. The van der Waals surface area contributed by atoms with Crippen LogP contribution in [0.5, 0.6) is 0 Å². The fourth-order valence-corrected chi connectivity index (χ4v) is 7.64. The van der Waals surface area contributed by atoms with Crippen LogP contribution in [0.2, 0.25) is 0 Å². The second kappa shape index (κ2) is 10.3. The first-order valence-corrected chi connectivity index (χ1v) is 16.7. The average Bonchev–Trinajstić information content (AvgIpc) is 3.76. The van der Waals surface area contributed by atoms with E-state index in [-0.39, 0.29) is 0 Å². The molecule has 3 heterocycles. The summed E-state index contributed by atoms with van der Waals surface area (Å²) in [6, 6.07) is 52.2. The van der Waals surface area contributed by atoms with Crippen LogP contribution in [0.4, 0.5) is 0 Å². The maximum atomic E-state index is 6.22. The van der Waals surface area contributed by atoms with E-state index in [1.807, 2.05) is 72.8 Å². The summed E-state index contributed by atoms with van der Waals surface area (Å²) in [4.78, 5) is 15.2. The Morgan fingerprint density at radius 3 is 1.72 bits per heavy atom. The summed E-state index contributed by atoms with van der Waals surface area (Å²) in [6.45, 7) is 0. The van der Waals surface area contributed by atoms with Gasteiger partial charge in [0.15, 0.2) is 17.5 Å². The van der Waals surface area contributed by atoms with Crippen LogP contribution >= 0.6 is 0 Å². The fourth-order valence-electron chi connectivity index (χ4n) is 7.64. The van der Waals surface area contributed by atoms with Crippen LogP contribution in [0.15, 0.2) is 160 Å². The third-order valence-electron chi connectivity index (χ3n) is 9.90. The van der Waals surface area contributed by atoms with E-state index in [1.165, 1.54) is 26.9 Å². The van der Waals surface area contributed by atoms with Crippen LogP contribution in [0.1, 0.15) is 0 Å². The highest BCUT2D eigenvalue weighted by Crippen LogP contribution is 2.41. The zero-order valence-corrected chi connectivity index (χ0v) is 26.6. The van der Waals surface area contributed by atoms with Crippen molar-refractivity contribution < 1.29 is 8.83 Å². The van der Waals surface area contributed by atoms with Gasteiger partial charge in [-0.1, -0.05) is 115 Å². The van der Waals surface area contributed by atoms with Gasteiger partial charge in [-0.3, -0.25) is 0 Å². The van der Waals surface area contributed by atoms with E-state index in [1.54, 1.807) is 0 Å². The van der Waals surface area contributed by atoms with Crippen molar-refractivity contribution >= 4 is 76.2 Å². The zero-order valence-electron chi connectivity index (χ0n) is 26.6. The molecule has 0 fully saturated rings. The van der Waals surface area contributed by atoms with Crippen LogP contribution in [-0.4, -0.2) is 15.0 Å². The predicted octanol–water partition coefficient (Wildman–Crippen LogP) is 12.1. The van der Waals surface area contributed by atoms with Crippen molar-refractivity contribution in [1.29, 1.82) is 0 Å². The van der Waals surface area contributed by atoms with Crippen molar-refractivity contribution in [3.8, 4) is 34.2 Å². The van der Waals surface area contributed by atoms with Gasteiger partial charge in [-0.05, 0) is 68.7 Å². The van der Waals surface area contributed by atoms with E-state index < -0.39 is 0 Å². The minimum Gasteiger partial charge on any atom is -0.456 e. The third kappa shape index (κ3) is 3.98. The van der Waals surface area contributed by atoms with Crippen molar-refractivity contribution in [1.82, 2.24) is 15.0 Å². The number of para-hydroxylation sites is 2. The molecule has 0 amide bonds. The summed E-state index contributed by atoms with van der Waals surface area (Å²) >= 11 is 0. The highest BCUT2D eigenvalue weighted by Gasteiger charge is 2.19. The number of fused-ring (bicyclic) bond motifs is 12. The number of hydrogen-bond acceptors (Lipinski definition) is 5. The van der Waals surface area contributed by atoms with Gasteiger partial charge >= 0.3 is 0 Å². The first kappa shape index (κ1) is 27.1. The molecule has 50 heavy (non-hydrogen) atoms. The lowest BCUT2D eigenvalue weighted by molar-refractivity contribution is 0.668. The molecule has 8 aromatic carbocycles. The molecule has 0 unspecified atom stereocenters. The molecule has 0 atom stereocenters. The predicted molar refractivity (Wildman–Crippen MR) is 203 cm³/mol. The Bertz CT molecular complexity index is 3160. The van der Waals surface area contributed by atoms with Crippen LogP contribution in [0.25, 0.3) is 110 Å². The number of hydrogen-bond donors (Lipinski definition) is 0. The second-order valence-electron chi connectivity index (χ2n) is 12.7. The van der Waals surface area contributed by atoms with Gasteiger partial charge in [0, 0.05) is 38.2 Å². The molecule has 5 heteroatoms. The van der Waals surface area contributed by atoms with Crippen molar-refractivity contribution in [3.05, 3.63) is 152 Å². The number of benzene rings is 8. The van der Waals surface area contributed by atoms with Gasteiger partial charge in [0.1, 0.15) is 22.3 Å². The molecule has 3 aromatic heterocycles. The topological polar surface area (TPSA) is 65.0 Å². The SMILES string of the molecule is c1ccc(-c2nc(-c3ccc4c(ccc5ccc6c(ccc7oc8ccccc8c76)c54)c3)nc(-c3cccc4oc5ccccc5c34)n2)cc1. The Morgan fingerprint density at radius 1 is 0.320 bits per heavy atom. The Hall–Kier alpha value is -6.85. The second-order valence-corrected chi connectivity index (χ2v) is 12.7. The van der Waals surface area contributed by atoms with E-state index >= 15 is 0 Å². The molecule has 0 aliphatic carbocycles. The fraction of sp³-hybridized carbons (Fsp3) is 0. The minimum atomic E-state index is 0.604. The van der Waals surface area contributed by atoms with Crippen LogP contribution < -0.4 is 0 Å². The third-order valence-corrected chi connectivity index (χ3v) is 9.90. The van der Waals surface area contributed by atoms with Crippen LogP contribution in [0.3, 0.4) is 0 Å². The highest BCUT2D eigenvalue weighted by molar-refractivity contribution is 6.28. The lowest BCUT2D eigenvalue weighted by Gasteiger charge is -2.12. The van der Waals surface area contributed by atoms with Crippen molar-refractivity contribution in [2.75, 3.05) is 0 Å². The average molecular weight is 640 g/mol. The van der Waals surface area contributed by atoms with Crippen molar-refractivity contribution in [3.63, 3.8) is 0 Å². The molecule has 0 radical (unpaired) electrons. The molecular formula is C45H25N3O2. The summed E-state index contributed by atoms with van der Waals surface area (Å²) in [7, 11) is 0. The smallest absolute Gasteiger partial charge is 0.164 e. The molecule has 0 spiro atoms. The Kier molecular flexibility index (Phi) is 5.60. The Balaban J connectivity index is 1.14. The van der Waals surface area contributed by atoms with Crippen LogP contribution in [0, 0.1) is 0 Å². The van der Waals surface area contributed by atoms with Gasteiger partial charge in [0.25, 0.3) is 0 Å². The largest absolute Gasteiger partial charge is 0.456 e. The van der Waals surface area contributed by atoms with Gasteiger partial charge in [-0.25, -0.2) is 15.0 Å². The number of furan rings is 2. The number of rotatable bonds is 3. The summed E-state index contributed by atoms with van der Waals surface area (Å²) in [5.41, 5.74) is 6.20. The first-order chi connectivity index (χ1) is 24.8. The molecule has 11 rings (SSSR count). The summed E-state index contributed by atoms with van der Waals surface area (Å²) in [5.74, 6) is 1.84. The maximum absolute atomic E-state index is 6.22. The minimum absolute atomic E-state index is 0.604. The highest BCUT2D eigenvalue weighted by atomic mass is 16.3. The van der Waals surface area contributed by atoms with Crippen LogP contribution in [-0.2, 0) is 0 Å². The van der Waals surface area contributed by atoms with Gasteiger partial charge in [-0.2, -0.15) is 0 Å². The maximum Gasteiger partial charge on any atom is 0.164 e. The molecule has 232 valence electrons. The molecular weight excluding hydrogens is 615 g/mol. The molecule has 0 aliphatic heterocycles. The Morgan fingerprint density at radius 2 is 0.900 bits per heavy atom. The van der Waals surface area contributed by atoms with E-state index in [0.29, 0.717) is 17.5 Å². The molecule has 11 aromatic rings. The van der Waals surface area contributed by atoms with E-state index in [0.717, 1.165) is 66.0 Å². The van der Waals surface area contributed by atoms with Gasteiger partial charge in [-0.15, -0.1) is 0 Å². The first-order valence-electron chi connectivity index (χ1n) is 16.7. The molecule has 5 nitrogen and oxygen atoms in total. The van der Waals surface area contributed by atoms with E-state index in [4.69, 9.17) is 23.8 Å². The molecule has 0 N–H and O–H groups in total. The Labute approximate surface area is 285 Å². The zero-order chi connectivity index (χ0) is 32.8. The van der Waals surface area contributed by atoms with E-state index in [9.17, 15) is 0 Å². The number of nitrogens with zero attached hydrogens (tertiary/aromatic N) is 3. The molecule has 0 saturated carbocycles. The quantitative estimate of drug-likeness (QED) is 0.180. The molecule has 0 saturated heterocycles. The van der Waals surface area contributed by atoms with Gasteiger partial charge in [0.2, 0.25) is 0 Å². The standard InChI is InChI=1S/C45H25N3O2/c1-2-9-27(10-3-1)43-46-44(48-45(47-43)35-13-8-16-38-42(35)34-12-5-7-15-37(34)49-38)29-20-21-30-28(25-29)18-17-26-19-22-32-31(40(26)30)23-24-39-41(32)33-11-4-6-14-36(33)50-39/h1-25H. The van der Waals surface area contributed by atoms with Gasteiger partial charge < -0.3 is 8.83 Å². The molecule has 0 aliphatic rings. The number of aromatic nitrogens is 3. The monoisotopic (exact) mass is 639 g/mol. The summed E-state index contributed by atoms with van der Waals surface area (Å²) in [6.07, 6.45) is 0. The van der Waals surface area contributed by atoms with Crippen molar-refractivity contribution in [2.45, 2.75) is 0 Å². The van der Waals surface area contributed by atoms with Gasteiger partial charge in [0.05, 0.1) is 0 Å². The lowest BCUT2D eigenvalue weighted by Crippen LogP contribution is -2.00. The summed E-state index contributed by atoms with van der Waals surface area (Å²) < 4.78 is 12.4. The van der Waals surface area contributed by atoms with E-state index in [2.05, 4.69) is 78.9 Å². The normalized spacial score (nSPS) is 12.0.